The van der Waals surface area contributed by atoms with Crippen LogP contribution in [0.25, 0.3) is 0 Å². The van der Waals surface area contributed by atoms with E-state index in [-0.39, 0.29) is 10.6 Å². The predicted octanol–water partition coefficient (Wildman–Crippen LogP) is 1.94. The van der Waals surface area contributed by atoms with Crippen molar-refractivity contribution in [3.63, 3.8) is 0 Å². The van der Waals surface area contributed by atoms with Crippen molar-refractivity contribution in [2.45, 2.75) is 0 Å². The number of anilines is 2. The molecule has 0 amide bonds. The summed E-state index contributed by atoms with van der Waals surface area (Å²) in [5.74, 6) is -0.439. The second-order valence-electron chi connectivity index (χ2n) is 3.55. The van der Waals surface area contributed by atoms with E-state index >= 15 is 0 Å². The molecule has 0 saturated carbocycles. The molecule has 0 atom stereocenters. The number of nitrogens with two attached hydrogens (primary N) is 1. The van der Waals surface area contributed by atoms with Crippen molar-refractivity contribution in [3.8, 4) is 0 Å². The lowest BCUT2D eigenvalue weighted by molar-refractivity contribution is 0.626. The third-order valence-electron chi connectivity index (χ3n) is 2.24. The van der Waals surface area contributed by atoms with E-state index < -0.39 is 5.82 Å². The molecule has 0 aliphatic heterocycles. The minimum Gasteiger partial charge on any atom is -0.389 e. The third kappa shape index (κ3) is 2.42. The lowest BCUT2D eigenvalue weighted by Gasteiger charge is -2.10. The molecular formula is C11H11FN4S. The molecule has 0 aliphatic rings. The van der Waals surface area contributed by atoms with E-state index in [0.717, 1.165) is 5.69 Å². The minimum atomic E-state index is -0.439. The maximum atomic E-state index is 13.6. The summed E-state index contributed by atoms with van der Waals surface area (Å²) in [5, 5.41) is 7.03. The van der Waals surface area contributed by atoms with Gasteiger partial charge >= 0.3 is 0 Å². The Morgan fingerprint density at radius 1 is 1.53 bits per heavy atom. The summed E-state index contributed by atoms with van der Waals surface area (Å²) in [5.41, 5.74) is 7.00. The molecule has 0 fully saturated rings. The fourth-order valence-corrected chi connectivity index (χ4v) is 1.73. The maximum Gasteiger partial charge on any atom is 0.135 e. The van der Waals surface area contributed by atoms with E-state index in [1.165, 1.54) is 6.07 Å². The van der Waals surface area contributed by atoms with Crippen LogP contribution in [-0.4, -0.2) is 14.8 Å². The van der Waals surface area contributed by atoms with Gasteiger partial charge in [0.25, 0.3) is 0 Å². The molecule has 1 aromatic heterocycles. The topological polar surface area (TPSA) is 55.9 Å². The molecule has 17 heavy (non-hydrogen) atoms. The Labute approximate surface area is 103 Å². The van der Waals surface area contributed by atoms with E-state index in [1.54, 1.807) is 36.3 Å². The van der Waals surface area contributed by atoms with Crippen molar-refractivity contribution in [1.82, 2.24) is 9.78 Å². The first-order valence-electron chi connectivity index (χ1n) is 4.92. The van der Waals surface area contributed by atoms with Gasteiger partial charge in [0.2, 0.25) is 0 Å². The Hall–Kier alpha value is -1.95. The van der Waals surface area contributed by atoms with Crippen molar-refractivity contribution in [1.29, 1.82) is 0 Å². The highest BCUT2D eigenvalue weighted by molar-refractivity contribution is 7.80. The van der Waals surface area contributed by atoms with Gasteiger partial charge in [-0.05, 0) is 12.1 Å². The smallest absolute Gasteiger partial charge is 0.135 e. The number of hydrogen-bond donors (Lipinski definition) is 2. The number of aryl methyl sites for hydroxylation is 1. The second kappa shape index (κ2) is 4.50. The van der Waals surface area contributed by atoms with Crippen molar-refractivity contribution in [3.05, 3.63) is 42.0 Å². The van der Waals surface area contributed by atoms with Crippen molar-refractivity contribution in [2.75, 3.05) is 5.32 Å². The highest BCUT2D eigenvalue weighted by atomic mass is 32.1. The quantitative estimate of drug-likeness (QED) is 0.817. The first-order valence-corrected chi connectivity index (χ1v) is 5.33. The molecule has 6 heteroatoms. The zero-order valence-electron chi connectivity index (χ0n) is 9.14. The SMILES string of the molecule is Cn1cc(Nc2cccc(F)c2C(N)=S)cn1. The van der Waals surface area contributed by atoms with Crippen LogP contribution in [0.2, 0.25) is 0 Å². The van der Waals surface area contributed by atoms with E-state index in [9.17, 15) is 4.39 Å². The molecule has 1 heterocycles. The summed E-state index contributed by atoms with van der Waals surface area (Å²) >= 11 is 4.84. The highest BCUT2D eigenvalue weighted by Gasteiger charge is 2.11. The van der Waals surface area contributed by atoms with Crippen molar-refractivity contribution in [2.24, 2.45) is 12.8 Å². The maximum absolute atomic E-state index is 13.6. The normalized spacial score (nSPS) is 10.2. The molecule has 0 spiro atoms. The Bertz CT molecular complexity index is 564. The number of hydrogen-bond acceptors (Lipinski definition) is 3. The summed E-state index contributed by atoms with van der Waals surface area (Å²) in [6.45, 7) is 0. The van der Waals surface area contributed by atoms with Gasteiger partial charge in [-0.25, -0.2) is 4.39 Å². The predicted molar refractivity (Wildman–Crippen MR) is 68.8 cm³/mol. The minimum absolute atomic E-state index is 0.0227. The summed E-state index contributed by atoms with van der Waals surface area (Å²) < 4.78 is 15.2. The summed E-state index contributed by atoms with van der Waals surface area (Å²) in [6, 6.07) is 4.63. The van der Waals surface area contributed by atoms with Crippen LogP contribution in [0.1, 0.15) is 5.56 Å². The first-order chi connectivity index (χ1) is 8.08. The van der Waals surface area contributed by atoms with E-state index in [1.807, 2.05) is 0 Å². The molecule has 4 nitrogen and oxygen atoms in total. The van der Waals surface area contributed by atoms with E-state index in [2.05, 4.69) is 10.4 Å². The van der Waals surface area contributed by atoms with E-state index in [4.69, 9.17) is 18.0 Å². The van der Waals surface area contributed by atoms with Crippen molar-refractivity contribution >= 4 is 28.6 Å². The van der Waals surface area contributed by atoms with Gasteiger partial charge in [-0.15, -0.1) is 0 Å². The zero-order chi connectivity index (χ0) is 12.4. The van der Waals surface area contributed by atoms with Crippen LogP contribution in [-0.2, 0) is 7.05 Å². The Morgan fingerprint density at radius 3 is 2.88 bits per heavy atom. The van der Waals surface area contributed by atoms with Crippen LogP contribution in [0, 0.1) is 5.82 Å². The number of benzene rings is 1. The molecule has 88 valence electrons. The average molecular weight is 250 g/mol. The number of halogens is 1. The number of rotatable bonds is 3. The van der Waals surface area contributed by atoms with Gasteiger partial charge in [-0.1, -0.05) is 18.3 Å². The number of nitrogens with zero attached hydrogens (tertiary/aromatic N) is 2. The fraction of sp³-hybridized carbons (Fsp3) is 0.0909. The number of thiocarbonyl (C=S) groups is 1. The third-order valence-corrected chi connectivity index (χ3v) is 2.45. The average Bonchev–Trinajstić information content (AvgIpc) is 2.63. The van der Waals surface area contributed by atoms with E-state index in [0.29, 0.717) is 5.69 Å². The number of nitrogens with one attached hydrogen (secondary N) is 1. The summed E-state index contributed by atoms with van der Waals surface area (Å²) in [4.78, 5) is 0.0227. The van der Waals surface area contributed by atoms with Crippen LogP contribution in [0.15, 0.2) is 30.6 Å². The molecule has 3 N–H and O–H groups in total. The highest BCUT2D eigenvalue weighted by Crippen LogP contribution is 2.22. The Morgan fingerprint density at radius 2 is 2.29 bits per heavy atom. The fourth-order valence-electron chi connectivity index (χ4n) is 1.52. The van der Waals surface area contributed by atoms with Gasteiger partial charge in [0, 0.05) is 13.2 Å². The second-order valence-corrected chi connectivity index (χ2v) is 3.99. The van der Waals surface area contributed by atoms with Gasteiger partial charge in [0.05, 0.1) is 23.1 Å². The molecule has 0 bridgehead atoms. The standard InChI is InChI=1S/C11H11FN4S/c1-16-6-7(5-14-16)15-9-4-2-3-8(12)10(9)11(13)17/h2-6,15H,1H3,(H2,13,17). The molecule has 0 aliphatic carbocycles. The lowest BCUT2D eigenvalue weighted by Crippen LogP contribution is -2.14. The molecule has 0 unspecified atom stereocenters. The lowest BCUT2D eigenvalue weighted by atomic mass is 10.1. The van der Waals surface area contributed by atoms with Crippen LogP contribution in [0.4, 0.5) is 15.8 Å². The van der Waals surface area contributed by atoms with Crippen molar-refractivity contribution < 1.29 is 4.39 Å². The van der Waals surface area contributed by atoms with Crippen LogP contribution in [0.3, 0.4) is 0 Å². The summed E-state index contributed by atoms with van der Waals surface area (Å²) in [7, 11) is 1.80. The monoisotopic (exact) mass is 250 g/mol. The molecule has 2 aromatic rings. The largest absolute Gasteiger partial charge is 0.389 e. The van der Waals surface area contributed by atoms with Crippen LogP contribution < -0.4 is 11.1 Å². The molecule has 0 saturated heterocycles. The van der Waals surface area contributed by atoms with Crippen LogP contribution in [0.5, 0.6) is 0 Å². The van der Waals surface area contributed by atoms with Gasteiger partial charge < -0.3 is 11.1 Å². The van der Waals surface area contributed by atoms with Crippen LogP contribution >= 0.6 is 12.2 Å². The molecule has 2 rings (SSSR count). The molecular weight excluding hydrogens is 239 g/mol. The van der Waals surface area contributed by atoms with Gasteiger partial charge in [-0.3, -0.25) is 4.68 Å². The van der Waals surface area contributed by atoms with Gasteiger partial charge in [0.15, 0.2) is 0 Å². The molecule has 0 radical (unpaired) electrons. The zero-order valence-corrected chi connectivity index (χ0v) is 9.96. The van der Waals surface area contributed by atoms with Gasteiger partial charge in [-0.2, -0.15) is 5.10 Å². The Kier molecular flexibility index (Phi) is 3.06. The first kappa shape index (κ1) is 11.5. The number of aromatic nitrogens is 2. The Balaban J connectivity index is 2.39. The van der Waals surface area contributed by atoms with Gasteiger partial charge in [0.1, 0.15) is 10.8 Å². The molecule has 1 aromatic carbocycles. The summed E-state index contributed by atoms with van der Waals surface area (Å²) in [6.07, 6.45) is 3.41.